The molecular formula is C11H11IN2O. The largest absolute Gasteiger partial charge is 0.497 e. The summed E-state index contributed by atoms with van der Waals surface area (Å²) in [7, 11) is 1.67. The van der Waals surface area contributed by atoms with Crippen LogP contribution in [-0.2, 0) is 6.54 Å². The highest BCUT2D eigenvalue weighted by Gasteiger charge is 1.97. The number of methoxy groups -OCH3 is 1. The zero-order valence-corrected chi connectivity index (χ0v) is 10.5. The van der Waals surface area contributed by atoms with Gasteiger partial charge in [0.2, 0.25) is 0 Å². The van der Waals surface area contributed by atoms with E-state index in [9.17, 15) is 0 Å². The van der Waals surface area contributed by atoms with Crippen LogP contribution in [0.15, 0.2) is 36.5 Å². The highest BCUT2D eigenvalue weighted by Crippen LogP contribution is 2.12. The van der Waals surface area contributed by atoms with Gasteiger partial charge in [-0.3, -0.25) is 4.68 Å². The first-order valence-corrected chi connectivity index (χ1v) is 5.68. The molecule has 0 saturated heterocycles. The van der Waals surface area contributed by atoms with Crippen LogP contribution in [-0.4, -0.2) is 16.9 Å². The number of nitrogens with zero attached hydrogens (tertiary/aromatic N) is 2. The van der Waals surface area contributed by atoms with Crippen LogP contribution in [0.1, 0.15) is 5.56 Å². The number of hydrogen-bond donors (Lipinski definition) is 0. The third kappa shape index (κ3) is 2.71. The second-order valence-corrected chi connectivity index (χ2v) is 4.29. The van der Waals surface area contributed by atoms with Crippen molar-refractivity contribution in [1.29, 1.82) is 0 Å². The van der Waals surface area contributed by atoms with Crippen molar-refractivity contribution in [1.82, 2.24) is 9.78 Å². The van der Waals surface area contributed by atoms with Gasteiger partial charge in [0, 0.05) is 6.20 Å². The van der Waals surface area contributed by atoms with E-state index in [4.69, 9.17) is 4.74 Å². The summed E-state index contributed by atoms with van der Waals surface area (Å²) in [6, 6.07) is 10.0. The molecule has 0 aliphatic rings. The van der Waals surface area contributed by atoms with Gasteiger partial charge in [0.15, 0.2) is 0 Å². The topological polar surface area (TPSA) is 27.1 Å². The third-order valence-electron chi connectivity index (χ3n) is 2.11. The summed E-state index contributed by atoms with van der Waals surface area (Å²) in [6.45, 7) is 0.799. The molecule has 1 aromatic carbocycles. The zero-order chi connectivity index (χ0) is 10.7. The molecule has 15 heavy (non-hydrogen) atoms. The summed E-state index contributed by atoms with van der Waals surface area (Å²) in [5, 5.41) is 4.32. The Labute approximate surface area is 102 Å². The number of aromatic nitrogens is 2. The van der Waals surface area contributed by atoms with Crippen molar-refractivity contribution in [3.8, 4) is 5.75 Å². The Bertz CT molecular complexity index is 436. The smallest absolute Gasteiger partial charge is 0.123 e. The van der Waals surface area contributed by atoms with Crippen LogP contribution >= 0.6 is 22.6 Å². The fourth-order valence-electron chi connectivity index (χ4n) is 1.34. The number of benzene rings is 1. The zero-order valence-electron chi connectivity index (χ0n) is 8.35. The van der Waals surface area contributed by atoms with E-state index >= 15 is 0 Å². The lowest BCUT2D eigenvalue weighted by Crippen LogP contribution is -2.00. The Morgan fingerprint density at radius 2 is 2.00 bits per heavy atom. The molecule has 0 aliphatic carbocycles. The number of halogens is 1. The van der Waals surface area contributed by atoms with Gasteiger partial charge in [-0.2, -0.15) is 5.10 Å². The molecule has 3 nitrogen and oxygen atoms in total. The molecule has 1 heterocycles. The minimum atomic E-state index is 0.799. The van der Waals surface area contributed by atoms with E-state index < -0.39 is 0 Å². The van der Waals surface area contributed by atoms with Crippen LogP contribution in [0.4, 0.5) is 0 Å². The molecule has 0 spiro atoms. The van der Waals surface area contributed by atoms with E-state index in [0.29, 0.717) is 0 Å². The molecular weight excluding hydrogens is 303 g/mol. The lowest BCUT2D eigenvalue weighted by Gasteiger charge is -2.03. The van der Waals surface area contributed by atoms with Crippen LogP contribution in [0.5, 0.6) is 5.75 Å². The Hall–Kier alpha value is -1.04. The summed E-state index contributed by atoms with van der Waals surface area (Å²) in [6.07, 6.45) is 1.98. The fraction of sp³-hybridized carbons (Fsp3) is 0.182. The van der Waals surface area contributed by atoms with Gasteiger partial charge in [-0.25, -0.2) is 0 Å². The molecule has 0 bridgehead atoms. The van der Waals surface area contributed by atoms with E-state index in [-0.39, 0.29) is 0 Å². The number of ether oxygens (including phenoxy) is 1. The molecule has 78 valence electrons. The highest BCUT2D eigenvalue weighted by molar-refractivity contribution is 14.1. The molecule has 2 rings (SSSR count). The molecule has 0 fully saturated rings. The summed E-state index contributed by atoms with van der Waals surface area (Å²) in [5.41, 5.74) is 1.22. The van der Waals surface area contributed by atoms with Crippen molar-refractivity contribution in [2.75, 3.05) is 7.11 Å². The van der Waals surface area contributed by atoms with Gasteiger partial charge >= 0.3 is 0 Å². The minimum absolute atomic E-state index is 0.799. The molecule has 0 radical (unpaired) electrons. The quantitative estimate of drug-likeness (QED) is 0.814. The molecule has 0 saturated carbocycles. The first-order valence-electron chi connectivity index (χ1n) is 4.60. The van der Waals surface area contributed by atoms with E-state index in [1.165, 1.54) is 5.56 Å². The van der Waals surface area contributed by atoms with E-state index in [1.54, 1.807) is 7.11 Å². The van der Waals surface area contributed by atoms with Crippen LogP contribution in [0.25, 0.3) is 0 Å². The predicted molar refractivity (Wildman–Crippen MR) is 67.0 cm³/mol. The third-order valence-corrected chi connectivity index (χ3v) is 2.69. The first-order chi connectivity index (χ1) is 7.28. The molecule has 4 heteroatoms. The average molecular weight is 314 g/mol. The van der Waals surface area contributed by atoms with Crippen molar-refractivity contribution in [3.63, 3.8) is 0 Å². The number of rotatable bonds is 3. The summed E-state index contributed by atoms with van der Waals surface area (Å²) < 4.78 is 8.04. The lowest BCUT2D eigenvalue weighted by atomic mass is 10.2. The lowest BCUT2D eigenvalue weighted by molar-refractivity contribution is 0.414. The van der Waals surface area contributed by atoms with E-state index in [0.717, 1.165) is 16.0 Å². The summed E-state index contributed by atoms with van der Waals surface area (Å²) in [4.78, 5) is 0. The number of hydrogen-bond acceptors (Lipinski definition) is 2. The summed E-state index contributed by atoms with van der Waals surface area (Å²) in [5.74, 6) is 0.883. The molecule has 0 N–H and O–H groups in total. The van der Waals surface area contributed by atoms with Gasteiger partial charge in [0.05, 0.1) is 13.7 Å². The monoisotopic (exact) mass is 314 g/mol. The molecule has 0 atom stereocenters. The molecule has 0 unspecified atom stereocenters. The maximum absolute atomic E-state index is 5.10. The highest BCUT2D eigenvalue weighted by atomic mass is 127. The Balaban J connectivity index is 2.11. The Kier molecular flexibility index (Phi) is 3.25. The van der Waals surface area contributed by atoms with E-state index in [2.05, 4.69) is 27.7 Å². The molecule has 0 amide bonds. The van der Waals surface area contributed by atoms with Crippen LogP contribution in [0.2, 0.25) is 0 Å². The molecule has 2 aromatic rings. The van der Waals surface area contributed by atoms with Gasteiger partial charge in [0.25, 0.3) is 0 Å². The summed E-state index contributed by atoms with van der Waals surface area (Å²) >= 11 is 2.20. The van der Waals surface area contributed by atoms with Crippen molar-refractivity contribution in [2.45, 2.75) is 6.54 Å². The van der Waals surface area contributed by atoms with E-state index in [1.807, 2.05) is 41.2 Å². The SMILES string of the molecule is COc1ccc(Cn2ccc(I)n2)cc1. The van der Waals surface area contributed by atoms with Gasteiger partial charge in [-0.05, 0) is 46.4 Å². The molecule has 1 aromatic heterocycles. The van der Waals surface area contributed by atoms with Crippen LogP contribution in [0.3, 0.4) is 0 Å². The fourth-order valence-corrected chi connectivity index (χ4v) is 1.78. The van der Waals surface area contributed by atoms with Crippen molar-refractivity contribution < 1.29 is 4.74 Å². The minimum Gasteiger partial charge on any atom is -0.497 e. The van der Waals surface area contributed by atoms with Gasteiger partial charge in [0.1, 0.15) is 9.45 Å². The van der Waals surface area contributed by atoms with Crippen molar-refractivity contribution in [3.05, 3.63) is 45.8 Å². The Morgan fingerprint density at radius 1 is 1.27 bits per heavy atom. The molecule has 0 aliphatic heterocycles. The average Bonchev–Trinajstić information content (AvgIpc) is 2.65. The van der Waals surface area contributed by atoms with Crippen molar-refractivity contribution in [2.24, 2.45) is 0 Å². The maximum atomic E-state index is 5.10. The van der Waals surface area contributed by atoms with Gasteiger partial charge in [-0.1, -0.05) is 12.1 Å². The maximum Gasteiger partial charge on any atom is 0.123 e. The first kappa shape index (κ1) is 10.5. The van der Waals surface area contributed by atoms with Crippen LogP contribution < -0.4 is 4.74 Å². The van der Waals surface area contributed by atoms with Gasteiger partial charge in [-0.15, -0.1) is 0 Å². The Morgan fingerprint density at radius 3 is 2.53 bits per heavy atom. The van der Waals surface area contributed by atoms with Gasteiger partial charge < -0.3 is 4.74 Å². The standard InChI is InChI=1S/C11H11IN2O/c1-15-10-4-2-9(3-5-10)8-14-7-6-11(12)13-14/h2-7H,8H2,1H3. The predicted octanol–water partition coefficient (Wildman–Crippen LogP) is 2.54. The normalized spacial score (nSPS) is 10.3. The van der Waals surface area contributed by atoms with Crippen molar-refractivity contribution >= 4 is 22.6 Å². The van der Waals surface area contributed by atoms with Crippen LogP contribution in [0, 0.1) is 3.70 Å². The second kappa shape index (κ2) is 4.65. The second-order valence-electron chi connectivity index (χ2n) is 3.18.